The average molecular weight is 412 g/mol. The monoisotopic (exact) mass is 411 g/mol. The SMILES string of the molecule is COc1ccc(C(=O)NCC(=O)NC[C@@H](c2ccccc2)N2CCCC2)cc1OC. The largest absolute Gasteiger partial charge is 0.493 e. The predicted octanol–water partition coefficient (Wildman–Crippen LogP) is 2.39. The number of likely N-dealkylation sites (tertiary alicyclic amines) is 1. The topological polar surface area (TPSA) is 79.9 Å². The molecule has 1 saturated heterocycles. The molecule has 0 aromatic heterocycles. The minimum atomic E-state index is -0.342. The number of hydrogen-bond donors (Lipinski definition) is 2. The van der Waals surface area contributed by atoms with Crippen LogP contribution >= 0.6 is 0 Å². The summed E-state index contributed by atoms with van der Waals surface area (Å²) >= 11 is 0. The Balaban J connectivity index is 1.54. The summed E-state index contributed by atoms with van der Waals surface area (Å²) in [7, 11) is 3.04. The number of benzene rings is 2. The number of hydrogen-bond acceptors (Lipinski definition) is 5. The Morgan fingerprint density at radius 2 is 1.67 bits per heavy atom. The lowest BCUT2D eigenvalue weighted by atomic mass is 10.1. The van der Waals surface area contributed by atoms with Crippen molar-refractivity contribution in [1.82, 2.24) is 15.5 Å². The van der Waals surface area contributed by atoms with Crippen LogP contribution in [-0.2, 0) is 4.79 Å². The molecule has 7 heteroatoms. The van der Waals surface area contributed by atoms with Gasteiger partial charge in [0.2, 0.25) is 5.91 Å². The highest BCUT2D eigenvalue weighted by atomic mass is 16.5. The zero-order chi connectivity index (χ0) is 21.3. The second-order valence-electron chi connectivity index (χ2n) is 7.23. The van der Waals surface area contributed by atoms with E-state index in [4.69, 9.17) is 9.47 Å². The third kappa shape index (κ3) is 5.51. The molecule has 30 heavy (non-hydrogen) atoms. The molecule has 2 amide bonds. The maximum atomic E-state index is 12.4. The molecule has 0 spiro atoms. The molecule has 1 aliphatic heterocycles. The van der Waals surface area contributed by atoms with E-state index in [9.17, 15) is 9.59 Å². The van der Waals surface area contributed by atoms with E-state index in [1.807, 2.05) is 18.2 Å². The molecule has 1 aliphatic rings. The first-order valence-electron chi connectivity index (χ1n) is 10.2. The molecule has 2 aromatic carbocycles. The maximum Gasteiger partial charge on any atom is 0.251 e. The van der Waals surface area contributed by atoms with Crippen LogP contribution in [0.25, 0.3) is 0 Å². The van der Waals surface area contributed by atoms with E-state index in [1.54, 1.807) is 18.2 Å². The van der Waals surface area contributed by atoms with E-state index in [-0.39, 0.29) is 24.4 Å². The van der Waals surface area contributed by atoms with E-state index in [1.165, 1.54) is 32.6 Å². The van der Waals surface area contributed by atoms with Gasteiger partial charge in [-0.15, -0.1) is 0 Å². The number of methoxy groups -OCH3 is 2. The van der Waals surface area contributed by atoms with Gasteiger partial charge in [-0.3, -0.25) is 14.5 Å². The molecule has 0 aliphatic carbocycles. The van der Waals surface area contributed by atoms with E-state index < -0.39 is 0 Å². The summed E-state index contributed by atoms with van der Waals surface area (Å²) in [5.74, 6) is 0.445. The molecule has 0 bridgehead atoms. The summed E-state index contributed by atoms with van der Waals surface area (Å²) in [6, 6.07) is 15.2. The van der Waals surface area contributed by atoms with Gasteiger partial charge in [-0.05, 0) is 49.7 Å². The zero-order valence-corrected chi connectivity index (χ0v) is 17.5. The minimum absolute atomic E-state index is 0.0886. The molecule has 0 saturated carbocycles. The highest BCUT2D eigenvalue weighted by Gasteiger charge is 2.23. The van der Waals surface area contributed by atoms with Gasteiger partial charge in [-0.2, -0.15) is 0 Å². The number of carbonyl (C=O) groups is 2. The molecule has 0 radical (unpaired) electrons. The van der Waals surface area contributed by atoms with Crippen LogP contribution < -0.4 is 20.1 Å². The van der Waals surface area contributed by atoms with Crippen LogP contribution in [0.3, 0.4) is 0 Å². The molecule has 3 rings (SSSR count). The van der Waals surface area contributed by atoms with Crippen molar-refractivity contribution in [2.45, 2.75) is 18.9 Å². The summed E-state index contributed by atoms with van der Waals surface area (Å²) in [6.45, 7) is 2.49. The van der Waals surface area contributed by atoms with E-state index in [2.05, 4.69) is 27.7 Å². The van der Waals surface area contributed by atoms with Gasteiger partial charge in [-0.25, -0.2) is 0 Å². The molecule has 2 aromatic rings. The molecule has 1 fully saturated rings. The maximum absolute atomic E-state index is 12.4. The fourth-order valence-electron chi connectivity index (χ4n) is 3.70. The third-order valence-corrected chi connectivity index (χ3v) is 5.31. The molecule has 2 N–H and O–H groups in total. The predicted molar refractivity (Wildman–Crippen MR) is 115 cm³/mol. The Labute approximate surface area is 177 Å². The first-order valence-corrected chi connectivity index (χ1v) is 10.2. The van der Waals surface area contributed by atoms with Crippen molar-refractivity contribution < 1.29 is 19.1 Å². The standard InChI is InChI=1S/C23H29N3O4/c1-29-20-11-10-18(14-21(20)30-2)23(28)25-16-22(27)24-15-19(26-12-6-7-13-26)17-8-4-3-5-9-17/h3-5,8-11,14,19H,6-7,12-13,15-16H2,1-2H3,(H,24,27)(H,25,28)/t19-/m0/s1. The number of nitrogens with zero attached hydrogens (tertiary/aromatic N) is 1. The van der Waals surface area contributed by atoms with Crippen LogP contribution in [0.1, 0.15) is 34.8 Å². The lowest BCUT2D eigenvalue weighted by molar-refractivity contribution is -0.120. The number of ether oxygens (including phenoxy) is 2. The van der Waals surface area contributed by atoms with E-state index in [0.29, 0.717) is 23.6 Å². The lowest BCUT2D eigenvalue weighted by Crippen LogP contribution is -2.41. The summed E-state index contributed by atoms with van der Waals surface area (Å²) in [6.07, 6.45) is 2.36. The highest BCUT2D eigenvalue weighted by molar-refractivity contribution is 5.97. The van der Waals surface area contributed by atoms with Crippen LogP contribution in [0.5, 0.6) is 11.5 Å². The number of carbonyl (C=O) groups excluding carboxylic acids is 2. The molecular formula is C23H29N3O4. The van der Waals surface area contributed by atoms with E-state index in [0.717, 1.165) is 13.1 Å². The fourth-order valence-corrected chi connectivity index (χ4v) is 3.70. The average Bonchev–Trinajstić information content (AvgIpc) is 3.32. The fraction of sp³-hybridized carbons (Fsp3) is 0.391. The lowest BCUT2D eigenvalue weighted by Gasteiger charge is -2.28. The van der Waals surface area contributed by atoms with Gasteiger partial charge in [-0.1, -0.05) is 30.3 Å². The van der Waals surface area contributed by atoms with Crippen molar-refractivity contribution in [1.29, 1.82) is 0 Å². The zero-order valence-electron chi connectivity index (χ0n) is 17.5. The Hall–Kier alpha value is -3.06. The van der Waals surface area contributed by atoms with Gasteiger partial charge < -0.3 is 20.1 Å². The first-order chi connectivity index (χ1) is 14.6. The van der Waals surface area contributed by atoms with Gasteiger partial charge in [0.15, 0.2) is 11.5 Å². The summed E-state index contributed by atoms with van der Waals surface area (Å²) in [5, 5.41) is 5.63. The molecule has 0 unspecified atom stereocenters. The van der Waals surface area contributed by atoms with Crippen molar-refractivity contribution in [2.24, 2.45) is 0 Å². The number of nitrogens with one attached hydrogen (secondary N) is 2. The molecule has 1 atom stereocenters. The van der Waals surface area contributed by atoms with Crippen molar-refractivity contribution in [2.75, 3.05) is 40.4 Å². The van der Waals surface area contributed by atoms with Gasteiger partial charge in [0.1, 0.15) is 0 Å². The summed E-state index contributed by atoms with van der Waals surface area (Å²) < 4.78 is 10.4. The molecule has 7 nitrogen and oxygen atoms in total. The Kier molecular flexibility index (Phi) is 7.68. The molecular weight excluding hydrogens is 382 g/mol. The van der Waals surface area contributed by atoms with Crippen LogP contribution in [0, 0.1) is 0 Å². The van der Waals surface area contributed by atoms with Crippen molar-refractivity contribution in [3.05, 3.63) is 59.7 Å². The van der Waals surface area contributed by atoms with Crippen LogP contribution in [0.15, 0.2) is 48.5 Å². The summed E-state index contributed by atoms with van der Waals surface area (Å²) in [4.78, 5) is 27.2. The Morgan fingerprint density at radius 1 is 0.967 bits per heavy atom. The smallest absolute Gasteiger partial charge is 0.251 e. The second-order valence-corrected chi connectivity index (χ2v) is 7.23. The Morgan fingerprint density at radius 3 is 2.33 bits per heavy atom. The van der Waals surface area contributed by atoms with Crippen molar-refractivity contribution >= 4 is 11.8 Å². The number of amides is 2. The summed E-state index contributed by atoms with van der Waals surface area (Å²) in [5.41, 5.74) is 1.59. The quantitative estimate of drug-likeness (QED) is 0.662. The van der Waals surface area contributed by atoms with Crippen molar-refractivity contribution in [3.8, 4) is 11.5 Å². The normalized spacial score (nSPS) is 14.7. The van der Waals surface area contributed by atoms with Gasteiger partial charge in [0.25, 0.3) is 5.91 Å². The Bertz CT molecular complexity index is 851. The van der Waals surface area contributed by atoms with Gasteiger partial charge >= 0.3 is 0 Å². The highest BCUT2D eigenvalue weighted by Crippen LogP contribution is 2.27. The van der Waals surface area contributed by atoms with E-state index >= 15 is 0 Å². The first kappa shape index (κ1) is 21.6. The van der Waals surface area contributed by atoms with Gasteiger partial charge in [0.05, 0.1) is 26.8 Å². The van der Waals surface area contributed by atoms with Crippen molar-refractivity contribution in [3.63, 3.8) is 0 Å². The van der Waals surface area contributed by atoms with Crippen LogP contribution in [0.2, 0.25) is 0 Å². The number of rotatable bonds is 9. The molecule has 1 heterocycles. The third-order valence-electron chi connectivity index (χ3n) is 5.31. The second kappa shape index (κ2) is 10.6. The minimum Gasteiger partial charge on any atom is -0.493 e. The van der Waals surface area contributed by atoms with Crippen LogP contribution in [-0.4, -0.2) is 57.1 Å². The van der Waals surface area contributed by atoms with Gasteiger partial charge in [0, 0.05) is 12.1 Å². The molecule has 160 valence electrons. The van der Waals surface area contributed by atoms with Crippen LogP contribution in [0.4, 0.5) is 0 Å².